The Morgan fingerprint density at radius 1 is 1.31 bits per heavy atom. The molecule has 0 radical (unpaired) electrons. The summed E-state index contributed by atoms with van der Waals surface area (Å²) in [5.74, 6) is -0.457. The smallest absolute Gasteiger partial charge is 0.259 e. The fourth-order valence-corrected chi connectivity index (χ4v) is 6.29. The van der Waals surface area contributed by atoms with Crippen LogP contribution < -0.4 is 19.5 Å². The second kappa shape index (κ2) is 9.20. The molecular formula is C24H27ClN4O6S. The van der Waals surface area contributed by atoms with Crippen molar-refractivity contribution in [3.05, 3.63) is 43.1 Å². The Bertz CT molecular complexity index is 1330. The minimum Gasteiger partial charge on any atom is -0.497 e. The third kappa shape index (κ3) is 4.62. The fraction of sp³-hybridized carbons (Fsp3) is 0.458. The predicted molar refractivity (Wildman–Crippen MR) is 133 cm³/mol. The van der Waals surface area contributed by atoms with Crippen LogP contribution in [-0.4, -0.2) is 66.2 Å². The number of carbonyl (C=O) groups is 2. The standard InChI is InChI=1S/C24H27ClN4O6S/c1-3-15-12-24(15,23(31)28-36(32,33)18-5-6-18)27-21(30)20-11-17(13-29(20)25)35-22-19-7-4-16(34-2)10-14(19)8-9-26-22/h3-4,7-10,15,17-18,20H,1,5-6,11-13H2,2H3,(H,27,30)(H,28,31)/t15-,17-,20+,24-/m1/s1. The molecule has 2 aliphatic carbocycles. The van der Waals surface area contributed by atoms with Crippen molar-refractivity contribution in [2.45, 2.75) is 48.6 Å². The van der Waals surface area contributed by atoms with Crippen molar-refractivity contribution in [3.63, 3.8) is 0 Å². The van der Waals surface area contributed by atoms with Gasteiger partial charge in [0.25, 0.3) is 5.91 Å². The normalized spacial score (nSPS) is 27.9. The van der Waals surface area contributed by atoms with Crippen LogP contribution in [0.1, 0.15) is 25.7 Å². The molecule has 2 heterocycles. The summed E-state index contributed by atoms with van der Waals surface area (Å²) in [7, 11) is -2.15. The number of carbonyl (C=O) groups excluding carboxylic acids is 2. The Morgan fingerprint density at radius 2 is 2.08 bits per heavy atom. The van der Waals surface area contributed by atoms with Gasteiger partial charge in [0.05, 0.1) is 18.9 Å². The molecule has 1 saturated heterocycles. The van der Waals surface area contributed by atoms with E-state index in [1.165, 1.54) is 4.42 Å². The van der Waals surface area contributed by atoms with Gasteiger partial charge in [-0.05, 0) is 60.7 Å². The average Bonchev–Trinajstić information content (AvgIpc) is 3.76. The van der Waals surface area contributed by atoms with E-state index in [9.17, 15) is 18.0 Å². The average molecular weight is 535 g/mol. The molecule has 3 fully saturated rings. The van der Waals surface area contributed by atoms with E-state index in [4.69, 9.17) is 21.3 Å². The van der Waals surface area contributed by atoms with Crippen molar-refractivity contribution in [1.29, 1.82) is 0 Å². The topological polar surface area (TPSA) is 127 Å². The summed E-state index contributed by atoms with van der Waals surface area (Å²) in [5.41, 5.74) is -1.35. The van der Waals surface area contributed by atoms with Gasteiger partial charge in [-0.25, -0.2) is 17.8 Å². The van der Waals surface area contributed by atoms with Gasteiger partial charge in [0.15, 0.2) is 0 Å². The molecule has 2 saturated carbocycles. The number of sulfonamides is 1. The zero-order valence-electron chi connectivity index (χ0n) is 19.6. The number of hydrogen-bond acceptors (Lipinski definition) is 8. The van der Waals surface area contributed by atoms with Crippen molar-refractivity contribution in [2.24, 2.45) is 5.92 Å². The van der Waals surface area contributed by atoms with E-state index in [0.717, 1.165) is 10.8 Å². The molecule has 192 valence electrons. The fourth-order valence-electron chi connectivity index (χ4n) is 4.61. The zero-order chi connectivity index (χ0) is 25.7. The number of amides is 2. The van der Waals surface area contributed by atoms with E-state index >= 15 is 0 Å². The van der Waals surface area contributed by atoms with Crippen molar-refractivity contribution in [2.75, 3.05) is 13.7 Å². The molecule has 12 heteroatoms. The van der Waals surface area contributed by atoms with Crippen LogP contribution in [0.15, 0.2) is 43.1 Å². The van der Waals surface area contributed by atoms with Gasteiger partial charge >= 0.3 is 0 Å². The molecule has 2 N–H and O–H groups in total. The Hall–Kier alpha value is -2.89. The SMILES string of the molecule is C=C[C@@H]1C[C@]1(NC(=O)[C@@H]1C[C@@H](Oc2nccc3cc(OC)ccc23)CN1Cl)C(=O)NS(=O)(=O)C1CC1. The predicted octanol–water partition coefficient (Wildman–Crippen LogP) is 1.89. The van der Waals surface area contributed by atoms with Gasteiger partial charge in [0.2, 0.25) is 21.8 Å². The van der Waals surface area contributed by atoms with Crippen LogP contribution in [0.25, 0.3) is 10.8 Å². The van der Waals surface area contributed by atoms with E-state index in [2.05, 4.69) is 21.6 Å². The largest absolute Gasteiger partial charge is 0.497 e. The second-order valence-electron chi connectivity index (χ2n) is 9.46. The van der Waals surface area contributed by atoms with E-state index in [1.807, 2.05) is 24.3 Å². The number of nitrogens with one attached hydrogen (secondary N) is 2. The third-order valence-corrected chi connectivity index (χ3v) is 9.16. The highest BCUT2D eigenvalue weighted by Crippen LogP contribution is 2.45. The maximum absolute atomic E-state index is 13.2. The maximum atomic E-state index is 13.2. The van der Waals surface area contributed by atoms with Crippen LogP contribution >= 0.6 is 11.8 Å². The molecule has 5 rings (SSSR count). The summed E-state index contributed by atoms with van der Waals surface area (Å²) in [4.78, 5) is 30.4. The number of halogens is 1. The first-order chi connectivity index (χ1) is 17.2. The van der Waals surface area contributed by atoms with Gasteiger partial charge in [-0.15, -0.1) is 6.58 Å². The van der Waals surface area contributed by atoms with Gasteiger partial charge in [-0.3, -0.25) is 14.3 Å². The first kappa shape index (κ1) is 24.8. The quantitative estimate of drug-likeness (QED) is 0.369. The molecule has 3 aliphatic rings. The summed E-state index contributed by atoms with van der Waals surface area (Å²) in [6, 6.07) is 6.62. The molecular weight excluding hydrogens is 508 g/mol. The van der Waals surface area contributed by atoms with Crippen molar-refractivity contribution in [1.82, 2.24) is 19.4 Å². The van der Waals surface area contributed by atoms with E-state index < -0.39 is 44.8 Å². The van der Waals surface area contributed by atoms with E-state index in [1.54, 1.807) is 19.4 Å². The summed E-state index contributed by atoms with van der Waals surface area (Å²) >= 11 is 6.39. The summed E-state index contributed by atoms with van der Waals surface area (Å²) < 4.78 is 39.4. The molecule has 10 nitrogen and oxygen atoms in total. The molecule has 1 aromatic carbocycles. The van der Waals surface area contributed by atoms with Crippen LogP contribution in [0, 0.1) is 5.92 Å². The van der Waals surface area contributed by atoms with Crippen LogP contribution in [0.3, 0.4) is 0 Å². The maximum Gasteiger partial charge on any atom is 0.259 e. The summed E-state index contributed by atoms with van der Waals surface area (Å²) in [6.07, 6.45) is 4.34. The lowest BCUT2D eigenvalue weighted by atomic mass is 10.1. The van der Waals surface area contributed by atoms with E-state index in [0.29, 0.717) is 24.5 Å². The molecule has 2 aromatic rings. The number of methoxy groups -OCH3 is 1. The highest BCUT2D eigenvalue weighted by atomic mass is 35.5. The summed E-state index contributed by atoms with van der Waals surface area (Å²) in [6.45, 7) is 3.96. The highest BCUT2D eigenvalue weighted by Gasteiger charge is 2.61. The van der Waals surface area contributed by atoms with Gasteiger partial charge in [0, 0.05) is 23.9 Å². The lowest BCUT2D eigenvalue weighted by Crippen LogP contribution is -2.55. The highest BCUT2D eigenvalue weighted by molar-refractivity contribution is 7.91. The number of ether oxygens (including phenoxy) is 2. The Labute approximate surface area is 214 Å². The Morgan fingerprint density at radius 3 is 2.75 bits per heavy atom. The summed E-state index contributed by atoms with van der Waals surface area (Å²) in [5, 5.41) is 3.89. The van der Waals surface area contributed by atoms with Crippen LogP contribution in [-0.2, 0) is 19.6 Å². The lowest BCUT2D eigenvalue weighted by Gasteiger charge is -2.22. The number of fused-ring (bicyclic) bond motifs is 1. The molecule has 2 amide bonds. The number of pyridine rings is 1. The molecule has 4 atom stereocenters. The van der Waals surface area contributed by atoms with Gasteiger partial charge in [-0.2, -0.15) is 0 Å². The van der Waals surface area contributed by atoms with Gasteiger partial charge in [0.1, 0.15) is 23.4 Å². The van der Waals surface area contributed by atoms with Gasteiger partial charge < -0.3 is 14.8 Å². The monoisotopic (exact) mass is 534 g/mol. The number of nitrogens with zero attached hydrogens (tertiary/aromatic N) is 2. The number of benzene rings is 1. The van der Waals surface area contributed by atoms with Crippen LogP contribution in [0.4, 0.5) is 0 Å². The number of rotatable bonds is 9. The number of hydrogen-bond donors (Lipinski definition) is 2. The minimum absolute atomic E-state index is 0.258. The zero-order valence-corrected chi connectivity index (χ0v) is 21.2. The van der Waals surface area contributed by atoms with E-state index in [-0.39, 0.29) is 25.3 Å². The van der Waals surface area contributed by atoms with Crippen molar-refractivity contribution >= 4 is 44.4 Å². The number of aromatic nitrogens is 1. The first-order valence-corrected chi connectivity index (χ1v) is 13.6. The van der Waals surface area contributed by atoms with Crippen LogP contribution in [0.2, 0.25) is 0 Å². The molecule has 1 aliphatic heterocycles. The van der Waals surface area contributed by atoms with Crippen LogP contribution in [0.5, 0.6) is 11.6 Å². The van der Waals surface area contributed by atoms with Gasteiger partial charge in [-0.1, -0.05) is 6.08 Å². The lowest BCUT2D eigenvalue weighted by molar-refractivity contribution is -0.131. The minimum atomic E-state index is -3.75. The van der Waals surface area contributed by atoms with Crippen molar-refractivity contribution in [3.8, 4) is 11.6 Å². The Balaban J connectivity index is 1.27. The molecule has 0 spiro atoms. The molecule has 0 bridgehead atoms. The first-order valence-electron chi connectivity index (χ1n) is 11.7. The third-order valence-electron chi connectivity index (χ3n) is 6.97. The second-order valence-corrected chi connectivity index (χ2v) is 11.9. The Kier molecular flexibility index (Phi) is 6.34. The molecule has 36 heavy (non-hydrogen) atoms. The molecule has 0 unspecified atom stereocenters. The molecule has 1 aromatic heterocycles. The van der Waals surface area contributed by atoms with Crippen molar-refractivity contribution < 1.29 is 27.5 Å².